The van der Waals surface area contributed by atoms with Crippen molar-refractivity contribution < 1.29 is 8.42 Å². The van der Waals surface area contributed by atoms with Crippen molar-refractivity contribution >= 4 is 45.6 Å². The van der Waals surface area contributed by atoms with Crippen LogP contribution in [0.1, 0.15) is 31.7 Å². The third kappa shape index (κ3) is 9.61. The Kier molecular flexibility index (Phi) is 11.0. The molecule has 1 aromatic rings. The van der Waals surface area contributed by atoms with Gasteiger partial charge in [0.1, 0.15) is 0 Å². The first-order valence-corrected chi connectivity index (χ1v) is 11.2. The summed E-state index contributed by atoms with van der Waals surface area (Å²) in [7, 11) is -3.31. The Morgan fingerprint density at radius 2 is 1.85 bits per heavy atom. The second kappa shape index (κ2) is 12.4. The van der Waals surface area contributed by atoms with Gasteiger partial charge >= 0.3 is 0 Å². The molecule has 7 nitrogen and oxygen atoms in total. The fourth-order valence-corrected chi connectivity index (χ4v) is 3.58. The summed E-state index contributed by atoms with van der Waals surface area (Å²) in [6, 6.07) is 7.33. The van der Waals surface area contributed by atoms with E-state index in [-0.39, 0.29) is 24.0 Å². The molecule has 0 spiro atoms. The van der Waals surface area contributed by atoms with Gasteiger partial charge in [-0.05, 0) is 44.5 Å². The molecule has 0 amide bonds. The van der Waals surface area contributed by atoms with Crippen molar-refractivity contribution in [1.82, 2.24) is 15.5 Å². The number of hydrogen-bond donors (Lipinski definition) is 3. The van der Waals surface area contributed by atoms with E-state index in [1.54, 1.807) is 6.07 Å². The number of anilines is 1. The molecule has 0 bridgehead atoms. The van der Waals surface area contributed by atoms with E-state index in [1.807, 2.05) is 25.1 Å². The molecule has 3 N–H and O–H groups in total. The molecule has 1 heterocycles. The summed E-state index contributed by atoms with van der Waals surface area (Å²) in [6.07, 6.45) is 5.07. The first-order valence-electron chi connectivity index (χ1n) is 9.28. The molecule has 1 saturated heterocycles. The van der Waals surface area contributed by atoms with Gasteiger partial charge in [-0.3, -0.25) is 4.72 Å². The molecule has 0 aliphatic carbocycles. The molecule has 0 radical (unpaired) electrons. The van der Waals surface area contributed by atoms with Crippen molar-refractivity contribution in [3.05, 3.63) is 29.8 Å². The first-order chi connectivity index (χ1) is 12.5. The fourth-order valence-electron chi connectivity index (χ4n) is 2.98. The Bertz CT molecular complexity index is 691. The predicted molar refractivity (Wildman–Crippen MR) is 123 cm³/mol. The minimum atomic E-state index is -3.31. The van der Waals surface area contributed by atoms with Gasteiger partial charge in [-0.15, -0.1) is 24.0 Å². The molecule has 1 aliphatic heterocycles. The zero-order valence-electron chi connectivity index (χ0n) is 16.2. The van der Waals surface area contributed by atoms with Gasteiger partial charge in [0.15, 0.2) is 5.96 Å². The predicted octanol–water partition coefficient (Wildman–Crippen LogP) is 2.22. The van der Waals surface area contributed by atoms with Gasteiger partial charge in [0.2, 0.25) is 10.0 Å². The maximum Gasteiger partial charge on any atom is 0.229 e. The summed E-state index contributed by atoms with van der Waals surface area (Å²) in [4.78, 5) is 7.08. The highest BCUT2D eigenvalue weighted by Gasteiger charge is 2.10. The topological polar surface area (TPSA) is 85.8 Å². The summed E-state index contributed by atoms with van der Waals surface area (Å²) < 4.78 is 25.6. The molecule has 0 aromatic heterocycles. The number of nitrogens with zero attached hydrogens (tertiary/aromatic N) is 2. The average Bonchev–Trinajstić information content (AvgIpc) is 2.60. The van der Waals surface area contributed by atoms with E-state index < -0.39 is 10.0 Å². The van der Waals surface area contributed by atoms with Gasteiger partial charge in [0.25, 0.3) is 0 Å². The van der Waals surface area contributed by atoms with E-state index in [4.69, 9.17) is 0 Å². The van der Waals surface area contributed by atoms with Crippen LogP contribution in [0.3, 0.4) is 0 Å². The van der Waals surface area contributed by atoms with Crippen LogP contribution in [0.2, 0.25) is 0 Å². The van der Waals surface area contributed by atoms with Crippen LogP contribution in [0.5, 0.6) is 0 Å². The molecule has 2 rings (SSSR count). The number of piperidine rings is 1. The fraction of sp³-hybridized carbons (Fsp3) is 0.611. The number of nitrogens with one attached hydrogen (secondary N) is 3. The first kappa shape index (κ1) is 24.0. The average molecular weight is 509 g/mol. The summed E-state index contributed by atoms with van der Waals surface area (Å²) in [5, 5.41) is 6.60. The summed E-state index contributed by atoms with van der Waals surface area (Å²) in [5.74, 6) is 0.749. The molecule has 1 aromatic carbocycles. The van der Waals surface area contributed by atoms with Gasteiger partial charge in [-0.1, -0.05) is 24.6 Å². The molecular formula is C18H32IN5O2S. The van der Waals surface area contributed by atoms with E-state index >= 15 is 0 Å². The minimum absolute atomic E-state index is 0. The Morgan fingerprint density at radius 3 is 2.52 bits per heavy atom. The molecule has 27 heavy (non-hydrogen) atoms. The number of rotatable bonds is 8. The minimum Gasteiger partial charge on any atom is -0.357 e. The van der Waals surface area contributed by atoms with E-state index in [0.29, 0.717) is 12.2 Å². The van der Waals surface area contributed by atoms with E-state index in [1.165, 1.54) is 32.4 Å². The van der Waals surface area contributed by atoms with Crippen LogP contribution in [0, 0.1) is 0 Å². The molecule has 0 unspecified atom stereocenters. The van der Waals surface area contributed by atoms with Crippen LogP contribution in [0.15, 0.2) is 29.3 Å². The van der Waals surface area contributed by atoms with Crippen LogP contribution in [0.25, 0.3) is 0 Å². The van der Waals surface area contributed by atoms with Crippen molar-refractivity contribution in [3.63, 3.8) is 0 Å². The quantitative estimate of drug-likeness (QED) is 0.284. The van der Waals surface area contributed by atoms with E-state index in [9.17, 15) is 8.42 Å². The zero-order valence-corrected chi connectivity index (χ0v) is 19.3. The number of likely N-dealkylation sites (tertiary alicyclic amines) is 1. The largest absolute Gasteiger partial charge is 0.357 e. The Hall–Kier alpha value is -1.07. The second-order valence-corrected chi connectivity index (χ2v) is 8.30. The standard InChI is InChI=1S/C18H31N5O2S.HI/c1-3-19-18(20-11-14-23-12-7-4-8-13-23)21-15-16-9-5-6-10-17(16)22-26(2,24)25;/h5-6,9-10,22H,3-4,7-8,11-15H2,1-2H3,(H2,19,20,21);1H. The highest BCUT2D eigenvalue weighted by molar-refractivity contribution is 14.0. The highest BCUT2D eigenvalue weighted by atomic mass is 127. The van der Waals surface area contributed by atoms with Gasteiger partial charge < -0.3 is 15.5 Å². The summed E-state index contributed by atoms with van der Waals surface area (Å²) in [6.45, 7) is 7.42. The second-order valence-electron chi connectivity index (χ2n) is 6.56. The molecule has 1 aliphatic rings. The molecule has 9 heteroatoms. The lowest BCUT2D eigenvalue weighted by Gasteiger charge is -2.26. The third-order valence-electron chi connectivity index (χ3n) is 4.23. The Balaban J connectivity index is 0.00000364. The molecule has 1 fully saturated rings. The summed E-state index contributed by atoms with van der Waals surface area (Å²) in [5.41, 5.74) is 1.41. The molecule has 154 valence electrons. The van der Waals surface area contributed by atoms with Gasteiger partial charge in [0, 0.05) is 19.6 Å². The van der Waals surface area contributed by atoms with Crippen molar-refractivity contribution in [3.8, 4) is 0 Å². The Labute approximate surface area is 180 Å². The number of guanidine groups is 1. The number of sulfonamides is 1. The lowest BCUT2D eigenvalue weighted by atomic mass is 10.1. The van der Waals surface area contributed by atoms with Crippen molar-refractivity contribution in [2.45, 2.75) is 32.7 Å². The number of aliphatic imine (C=N–C) groups is 1. The van der Waals surface area contributed by atoms with Crippen molar-refractivity contribution in [2.75, 3.05) is 43.7 Å². The normalized spacial score (nSPS) is 15.7. The smallest absolute Gasteiger partial charge is 0.229 e. The molecular weight excluding hydrogens is 477 g/mol. The van der Waals surface area contributed by atoms with Crippen LogP contribution in [-0.4, -0.2) is 58.3 Å². The summed E-state index contributed by atoms with van der Waals surface area (Å²) >= 11 is 0. The molecule has 0 atom stereocenters. The highest BCUT2D eigenvalue weighted by Crippen LogP contribution is 2.17. The SMILES string of the molecule is CCNC(=NCc1ccccc1NS(C)(=O)=O)NCCN1CCCCC1.I. The van der Waals surface area contributed by atoms with E-state index in [2.05, 4.69) is 25.2 Å². The molecule has 0 saturated carbocycles. The maximum atomic E-state index is 11.5. The van der Waals surface area contributed by atoms with Gasteiger partial charge in [-0.2, -0.15) is 0 Å². The zero-order chi connectivity index (χ0) is 18.8. The number of benzene rings is 1. The van der Waals surface area contributed by atoms with Gasteiger partial charge in [0.05, 0.1) is 18.5 Å². The van der Waals surface area contributed by atoms with Crippen molar-refractivity contribution in [1.29, 1.82) is 0 Å². The lowest BCUT2D eigenvalue weighted by Crippen LogP contribution is -2.42. The third-order valence-corrected chi connectivity index (χ3v) is 4.82. The van der Waals surface area contributed by atoms with Gasteiger partial charge in [-0.25, -0.2) is 13.4 Å². The van der Waals surface area contributed by atoms with Crippen LogP contribution in [0.4, 0.5) is 5.69 Å². The van der Waals surface area contributed by atoms with Crippen LogP contribution < -0.4 is 15.4 Å². The van der Waals surface area contributed by atoms with Crippen LogP contribution >= 0.6 is 24.0 Å². The monoisotopic (exact) mass is 509 g/mol. The number of hydrogen-bond acceptors (Lipinski definition) is 4. The maximum absolute atomic E-state index is 11.5. The number of para-hydroxylation sites is 1. The van der Waals surface area contributed by atoms with E-state index in [0.717, 1.165) is 37.4 Å². The van der Waals surface area contributed by atoms with Crippen LogP contribution in [-0.2, 0) is 16.6 Å². The Morgan fingerprint density at radius 1 is 1.15 bits per heavy atom. The number of halogens is 1. The lowest BCUT2D eigenvalue weighted by molar-refractivity contribution is 0.232. The van der Waals surface area contributed by atoms with Crippen molar-refractivity contribution in [2.24, 2.45) is 4.99 Å².